The van der Waals surface area contributed by atoms with Crippen molar-refractivity contribution in [1.82, 2.24) is 19.9 Å². The number of benzene rings is 2. The number of anilines is 1. The van der Waals surface area contributed by atoms with Crippen molar-refractivity contribution in [2.45, 2.75) is 102 Å². The van der Waals surface area contributed by atoms with Crippen molar-refractivity contribution in [3.63, 3.8) is 0 Å². The maximum absolute atomic E-state index is 17.4. The fraction of sp³-hybridized carbons (Fsp3) is 0.500. The zero-order valence-corrected chi connectivity index (χ0v) is 33.6. The number of pyridine rings is 1. The van der Waals surface area contributed by atoms with Gasteiger partial charge in [0, 0.05) is 41.7 Å². The summed E-state index contributed by atoms with van der Waals surface area (Å²) >= 11 is 0. The Balaban J connectivity index is 1.43. The molecule has 5 heterocycles. The van der Waals surface area contributed by atoms with E-state index in [-0.39, 0.29) is 53.8 Å². The fourth-order valence-electron chi connectivity index (χ4n) is 9.49. The Hall–Kier alpha value is -4.38. The maximum atomic E-state index is 17.4. The highest BCUT2D eigenvalue weighted by molar-refractivity contribution is 6.90. The molecule has 0 bridgehead atoms. The van der Waals surface area contributed by atoms with Crippen LogP contribution in [0, 0.1) is 23.1 Å². The van der Waals surface area contributed by atoms with Gasteiger partial charge in [-0.25, -0.2) is 18.2 Å². The summed E-state index contributed by atoms with van der Waals surface area (Å²) in [4.78, 5) is 17.4. The molecular formula is C42H50F3N5O4Si. The number of phenols is 1. The monoisotopic (exact) mass is 773 g/mol. The van der Waals surface area contributed by atoms with E-state index in [9.17, 15) is 14.6 Å². The van der Waals surface area contributed by atoms with Crippen molar-refractivity contribution >= 4 is 35.6 Å². The molecule has 0 spiro atoms. The third-order valence-corrected chi connectivity index (χ3v) is 18.3. The molecule has 1 unspecified atom stereocenters. The van der Waals surface area contributed by atoms with Gasteiger partial charge >= 0.3 is 6.01 Å². The van der Waals surface area contributed by atoms with Crippen molar-refractivity contribution in [3.05, 3.63) is 60.3 Å². The normalized spacial score (nSPS) is 23.1. The summed E-state index contributed by atoms with van der Waals surface area (Å²) in [6.45, 7) is 16.0. The van der Waals surface area contributed by atoms with E-state index in [1.165, 1.54) is 24.6 Å². The Morgan fingerprint density at radius 3 is 2.56 bits per heavy atom. The smallest absolute Gasteiger partial charge is 0.319 e. The molecule has 292 valence electrons. The Morgan fingerprint density at radius 1 is 1.09 bits per heavy atom. The van der Waals surface area contributed by atoms with Crippen LogP contribution in [-0.4, -0.2) is 88.3 Å². The number of alkyl halides is 1. The minimum absolute atomic E-state index is 0.0130. The number of β-amino-alcohol motifs (C(OH)–C–C–N with tert-alkyl or cyclic N) is 1. The molecular weight excluding hydrogens is 724 g/mol. The lowest BCUT2D eigenvalue weighted by atomic mass is 9.94. The number of aliphatic hydroxyl groups is 1. The van der Waals surface area contributed by atoms with Gasteiger partial charge in [0.1, 0.15) is 61.7 Å². The molecule has 2 fully saturated rings. The Morgan fingerprint density at radius 2 is 1.84 bits per heavy atom. The number of nitrogens with zero attached hydrogens (tertiary/aromatic N) is 5. The highest BCUT2D eigenvalue weighted by Crippen LogP contribution is 2.44. The number of hydrogen-bond donors (Lipinski definition) is 2. The quantitative estimate of drug-likeness (QED) is 0.135. The van der Waals surface area contributed by atoms with Crippen LogP contribution < -0.4 is 9.64 Å². The van der Waals surface area contributed by atoms with Crippen LogP contribution in [0.2, 0.25) is 16.6 Å². The number of halogens is 3. The lowest BCUT2D eigenvalue weighted by Crippen LogP contribution is -2.43. The van der Waals surface area contributed by atoms with Crippen LogP contribution in [-0.2, 0) is 4.74 Å². The van der Waals surface area contributed by atoms with Crippen molar-refractivity contribution in [2.24, 2.45) is 0 Å². The van der Waals surface area contributed by atoms with Gasteiger partial charge in [-0.3, -0.25) is 4.90 Å². The van der Waals surface area contributed by atoms with Crippen LogP contribution >= 0.6 is 0 Å². The summed E-state index contributed by atoms with van der Waals surface area (Å²) in [5.41, 5.74) is 2.62. The number of aromatic nitrogens is 3. The summed E-state index contributed by atoms with van der Waals surface area (Å²) in [6.07, 6.45) is 5.48. The van der Waals surface area contributed by atoms with E-state index in [0.29, 0.717) is 46.1 Å². The second-order valence-electron chi connectivity index (χ2n) is 16.8. The molecule has 2 saturated heterocycles. The van der Waals surface area contributed by atoms with Gasteiger partial charge in [0.05, 0.1) is 23.9 Å². The van der Waals surface area contributed by atoms with Gasteiger partial charge in [0.25, 0.3) is 0 Å². The highest BCUT2D eigenvalue weighted by Gasteiger charge is 2.49. The molecule has 2 aromatic carbocycles. The van der Waals surface area contributed by atoms with E-state index in [1.807, 2.05) is 0 Å². The van der Waals surface area contributed by atoms with Crippen molar-refractivity contribution < 1.29 is 32.9 Å². The van der Waals surface area contributed by atoms with Crippen LogP contribution in [0.5, 0.6) is 11.8 Å². The van der Waals surface area contributed by atoms with Crippen molar-refractivity contribution in [2.75, 3.05) is 37.7 Å². The minimum atomic E-state index is -2.23. The number of fused-ring (bicyclic) bond motifs is 3. The van der Waals surface area contributed by atoms with Crippen LogP contribution in [0.15, 0.2) is 42.9 Å². The van der Waals surface area contributed by atoms with Gasteiger partial charge in [-0.1, -0.05) is 47.5 Å². The third kappa shape index (κ3) is 7.02. The fourth-order valence-corrected chi connectivity index (χ4v) is 14.7. The van der Waals surface area contributed by atoms with E-state index in [2.05, 4.69) is 72.9 Å². The van der Waals surface area contributed by atoms with Gasteiger partial charge in [-0.05, 0) is 72.6 Å². The Kier molecular flexibility index (Phi) is 10.3. The number of rotatable bonds is 8. The second-order valence-corrected chi connectivity index (χ2v) is 22.3. The summed E-state index contributed by atoms with van der Waals surface area (Å²) < 4.78 is 60.5. The molecule has 13 heteroatoms. The standard InChI is InChI=1S/C42H50F3N5O4Si/c1-25(2)55(26(3)4,27(5)6)16-10-34-35-28(9-12-46-34)17-30(51)18-31(35)36-33(44)19-32-38(37(36)45)47-40(48-39(32)49-14-15-53-23-41(7,52)22-49)54-24-42-11-8-13-50(42)21-29(43)20-42/h9,12,14-15,17-19,25-27,29,51-52H,8,11,13,20-24H2,1-7H3/t29-,41?,42+/m1/s1. The van der Waals surface area contributed by atoms with Crippen LogP contribution in [0.4, 0.5) is 19.0 Å². The molecule has 0 saturated carbocycles. The number of aromatic hydroxyl groups is 1. The number of ether oxygens (including phenoxy) is 2. The lowest BCUT2D eigenvalue weighted by molar-refractivity contribution is 0.00798. The molecule has 2 aromatic heterocycles. The molecule has 9 nitrogen and oxygen atoms in total. The molecule has 55 heavy (non-hydrogen) atoms. The van der Waals surface area contributed by atoms with Gasteiger partial charge < -0.3 is 24.6 Å². The Bertz CT molecular complexity index is 2200. The summed E-state index contributed by atoms with van der Waals surface area (Å²) in [6, 6.07) is 5.53. The second kappa shape index (κ2) is 14.6. The van der Waals surface area contributed by atoms with E-state index < -0.39 is 42.6 Å². The average Bonchev–Trinajstić information content (AvgIpc) is 3.56. The SMILES string of the molecule is CC(C)[Si](C#Cc1nccc2cc(O)cc(-c3c(F)cc4c(N5C=COCC(C)(O)C5)nc(OC[C@@]56CCCN5C[C@H](F)C6)nc4c3F)c12)(C(C)C)C(C)C. The van der Waals surface area contributed by atoms with Crippen LogP contribution in [0.25, 0.3) is 32.8 Å². The molecule has 7 rings (SSSR count). The van der Waals surface area contributed by atoms with Crippen molar-refractivity contribution in [1.29, 1.82) is 0 Å². The molecule has 3 atom stereocenters. The predicted octanol–water partition coefficient (Wildman–Crippen LogP) is 8.41. The van der Waals surface area contributed by atoms with Crippen molar-refractivity contribution in [3.8, 4) is 34.4 Å². The van der Waals surface area contributed by atoms with Crippen LogP contribution in [0.3, 0.4) is 0 Å². The minimum Gasteiger partial charge on any atom is -0.508 e. The van der Waals surface area contributed by atoms with Gasteiger partial charge in [0.2, 0.25) is 0 Å². The first-order valence-corrected chi connectivity index (χ1v) is 21.4. The summed E-state index contributed by atoms with van der Waals surface area (Å²) in [7, 11) is -2.23. The number of hydrogen-bond acceptors (Lipinski definition) is 9. The number of phenolic OH excluding ortho intramolecular Hbond substituents is 1. The first kappa shape index (κ1) is 38.9. The van der Waals surface area contributed by atoms with E-state index in [1.54, 1.807) is 24.1 Å². The molecule has 0 amide bonds. The first-order valence-electron chi connectivity index (χ1n) is 19.2. The molecule has 3 aliphatic heterocycles. The molecule has 2 N–H and O–H groups in total. The zero-order chi connectivity index (χ0) is 39.4. The highest BCUT2D eigenvalue weighted by atomic mass is 28.3. The maximum Gasteiger partial charge on any atom is 0.319 e. The van der Waals surface area contributed by atoms with E-state index in [4.69, 9.17) is 9.47 Å². The third-order valence-electron chi connectivity index (χ3n) is 12.0. The van der Waals surface area contributed by atoms with Gasteiger partial charge in [-0.2, -0.15) is 9.97 Å². The van der Waals surface area contributed by atoms with Crippen LogP contribution in [0.1, 0.15) is 73.4 Å². The largest absolute Gasteiger partial charge is 0.508 e. The average molecular weight is 774 g/mol. The summed E-state index contributed by atoms with van der Waals surface area (Å²) in [5, 5.41) is 22.9. The molecule has 0 radical (unpaired) electrons. The van der Waals surface area contributed by atoms with E-state index in [0.717, 1.165) is 25.5 Å². The Labute approximate surface area is 321 Å². The van der Waals surface area contributed by atoms with Gasteiger partial charge in [0.15, 0.2) is 5.82 Å². The molecule has 0 aliphatic carbocycles. The zero-order valence-electron chi connectivity index (χ0n) is 32.6. The van der Waals surface area contributed by atoms with Gasteiger partial charge in [-0.15, -0.1) is 5.54 Å². The molecule has 4 aromatic rings. The topological polar surface area (TPSA) is 104 Å². The predicted molar refractivity (Wildman–Crippen MR) is 211 cm³/mol. The summed E-state index contributed by atoms with van der Waals surface area (Å²) in [5.74, 6) is 1.35. The first-order chi connectivity index (χ1) is 26.0. The lowest BCUT2D eigenvalue weighted by Gasteiger charge is -2.38. The molecule has 3 aliphatic rings. The van der Waals surface area contributed by atoms with E-state index >= 15 is 8.78 Å².